The summed E-state index contributed by atoms with van der Waals surface area (Å²) >= 11 is 0. The van der Waals surface area contributed by atoms with Crippen LogP contribution in [-0.4, -0.2) is 19.6 Å². The van der Waals surface area contributed by atoms with Crippen molar-refractivity contribution in [2.75, 3.05) is 0 Å². The molecule has 0 fully saturated rings. The van der Waals surface area contributed by atoms with Gasteiger partial charge in [0.05, 0.1) is 16.0 Å². The highest BCUT2D eigenvalue weighted by molar-refractivity contribution is 5.78. The zero-order chi connectivity index (χ0) is 11.9. The van der Waals surface area contributed by atoms with E-state index >= 15 is 0 Å². The average Bonchev–Trinajstić information content (AvgIpc) is 2.55. The molecule has 0 bridgehead atoms. The molecule has 0 aliphatic carbocycles. The van der Waals surface area contributed by atoms with Crippen molar-refractivity contribution in [2.24, 2.45) is 7.05 Å². The Bertz CT molecular complexity index is 560. The summed E-state index contributed by atoms with van der Waals surface area (Å²) in [7, 11) is 1.77. The maximum absolute atomic E-state index is 10.6. The fourth-order valence-corrected chi connectivity index (χ4v) is 1.69. The molecular formula is C10H11N3O3. The van der Waals surface area contributed by atoms with E-state index in [1.807, 2.05) is 0 Å². The first kappa shape index (κ1) is 10.6. The zero-order valence-corrected chi connectivity index (χ0v) is 8.91. The number of hydrogen-bond donors (Lipinski definition) is 1. The second kappa shape index (κ2) is 3.57. The fourth-order valence-electron chi connectivity index (χ4n) is 1.69. The van der Waals surface area contributed by atoms with Crippen molar-refractivity contribution in [3.63, 3.8) is 0 Å². The Morgan fingerprint density at radius 1 is 1.56 bits per heavy atom. The molecule has 0 saturated carbocycles. The minimum atomic E-state index is -0.698. The lowest BCUT2D eigenvalue weighted by Gasteiger charge is -2.03. The first-order valence-electron chi connectivity index (χ1n) is 4.79. The summed E-state index contributed by atoms with van der Waals surface area (Å²) in [6.45, 7) is 1.61. The first-order chi connectivity index (χ1) is 7.50. The smallest absolute Gasteiger partial charge is 0.271 e. The predicted molar refractivity (Wildman–Crippen MR) is 58.0 cm³/mol. The van der Waals surface area contributed by atoms with Crippen LogP contribution in [0.5, 0.6) is 0 Å². The number of nitro groups is 1. The molecule has 84 valence electrons. The van der Waals surface area contributed by atoms with Crippen LogP contribution in [0.2, 0.25) is 0 Å². The maximum Gasteiger partial charge on any atom is 0.271 e. The minimum absolute atomic E-state index is 0.00254. The molecule has 0 aliphatic heterocycles. The van der Waals surface area contributed by atoms with E-state index in [0.29, 0.717) is 11.3 Å². The highest BCUT2D eigenvalue weighted by atomic mass is 16.6. The van der Waals surface area contributed by atoms with Gasteiger partial charge in [0.15, 0.2) is 0 Å². The van der Waals surface area contributed by atoms with Crippen molar-refractivity contribution in [1.82, 2.24) is 9.55 Å². The number of fused-ring (bicyclic) bond motifs is 1. The molecule has 2 aromatic rings. The lowest BCUT2D eigenvalue weighted by Crippen LogP contribution is -2.01. The molecule has 0 amide bonds. The number of nitrogens with zero attached hydrogens (tertiary/aromatic N) is 3. The van der Waals surface area contributed by atoms with Gasteiger partial charge in [-0.05, 0) is 13.0 Å². The maximum atomic E-state index is 10.6. The normalized spacial score (nSPS) is 12.9. The molecule has 6 nitrogen and oxygen atoms in total. The lowest BCUT2D eigenvalue weighted by molar-refractivity contribution is -0.384. The van der Waals surface area contributed by atoms with Crippen LogP contribution in [0.25, 0.3) is 11.0 Å². The average molecular weight is 221 g/mol. The zero-order valence-electron chi connectivity index (χ0n) is 8.91. The van der Waals surface area contributed by atoms with E-state index in [1.54, 1.807) is 24.6 Å². The van der Waals surface area contributed by atoms with E-state index < -0.39 is 11.0 Å². The summed E-state index contributed by atoms with van der Waals surface area (Å²) in [4.78, 5) is 14.3. The highest BCUT2D eigenvalue weighted by Crippen LogP contribution is 2.23. The van der Waals surface area contributed by atoms with Crippen LogP contribution < -0.4 is 0 Å². The molecule has 0 aliphatic rings. The molecule has 2 rings (SSSR count). The molecule has 1 atom stereocenters. The van der Waals surface area contributed by atoms with Crippen LogP contribution in [0, 0.1) is 10.1 Å². The van der Waals surface area contributed by atoms with Crippen molar-refractivity contribution < 1.29 is 10.0 Å². The molecule has 0 radical (unpaired) electrons. The number of rotatable bonds is 2. The Labute approximate surface area is 91.3 Å². The van der Waals surface area contributed by atoms with E-state index in [-0.39, 0.29) is 5.69 Å². The summed E-state index contributed by atoms with van der Waals surface area (Å²) in [6, 6.07) is 4.46. The number of nitro benzene ring substituents is 1. The SMILES string of the molecule is C[C@H](O)c1nc2cc([N+](=O)[O-])ccc2n1C. The molecule has 1 aromatic heterocycles. The Morgan fingerprint density at radius 2 is 2.25 bits per heavy atom. The Balaban J connectivity index is 2.67. The minimum Gasteiger partial charge on any atom is -0.385 e. The van der Waals surface area contributed by atoms with Gasteiger partial charge in [0.2, 0.25) is 0 Å². The standard InChI is InChI=1S/C10H11N3O3/c1-6(14)10-11-8-5-7(13(15)16)3-4-9(8)12(10)2/h3-6,14H,1-2H3/t6-/m0/s1. The van der Waals surface area contributed by atoms with Crippen molar-refractivity contribution in [3.8, 4) is 0 Å². The van der Waals surface area contributed by atoms with Crippen molar-refractivity contribution in [2.45, 2.75) is 13.0 Å². The number of imidazole rings is 1. The number of aryl methyl sites for hydroxylation is 1. The van der Waals surface area contributed by atoms with Gasteiger partial charge in [0.25, 0.3) is 5.69 Å². The molecule has 1 heterocycles. The predicted octanol–water partition coefficient (Wildman–Crippen LogP) is 1.53. The Hall–Kier alpha value is -1.95. The Kier molecular flexibility index (Phi) is 2.35. The van der Waals surface area contributed by atoms with Crippen LogP contribution in [0.1, 0.15) is 18.9 Å². The number of aliphatic hydroxyl groups is 1. The first-order valence-corrected chi connectivity index (χ1v) is 4.79. The number of hydrogen-bond acceptors (Lipinski definition) is 4. The van der Waals surface area contributed by atoms with Crippen LogP contribution >= 0.6 is 0 Å². The van der Waals surface area contributed by atoms with Gasteiger partial charge in [0, 0.05) is 19.2 Å². The van der Waals surface area contributed by atoms with Gasteiger partial charge in [-0.1, -0.05) is 0 Å². The number of non-ortho nitro benzene ring substituents is 1. The summed E-state index contributed by atoms with van der Waals surface area (Å²) in [6.07, 6.45) is -0.698. The third-order valence-corrected chi connectivity index (χ3v) is 2.48. The topological polar surface area (TPSA) is 81.2 Å². The number of benzene rings is 1. The molecular weight excluding hydrogens is 210 g/mol. The van der Waals surface area contributed by atoms with Gasteiger partial charge in [-0.3, -0.25) is 10.1 Å². The second-order valence-electron chi connectivity index (χ2n) is 3.64. The molecule has 0 unspecified atom stereocenters. The van der Waals surface area contributed by atoms with E-state index in [2.05, 4.69) is 4.98 Å². The van der Waals surface area contributed by atoms with Crippen molar-refractivity contribution >= 4 is 16.7 Å². The molecule has 1 N–H and O–H groups in total. The van der Waals surface area contributed by atoms with Crippen LogP contribution in [0.15, 0.2) is 18.2 Å². The molecule has 16 heavy (non-hydrogen) atoms. The van der Waals surface area contributed by atoms with Gasteiger partial charge in [0.1, 0.15) is 11.9 Å². The third-order valence-electron chi connectivity index (χ3n) is 2.48. The monoisotopic (exact) mass is 221 g/mol. The van der Waals surface area contributed by atoms with Gasteiger partial charge in [-0.15, -0.1) is 0 Å². The van der Waals surface area contributed by atoms with Crippen LogP contribution in [0.4, 0.5) is 5.69 Å². The summed E-state index contributed by atoms with van der Waals surface area (Å²) in [5.74, 6) is 0.496. The summed E-state index contributed by atoms with van der Waals surface area (Å²) in [5.41, 5.74) is 1.29. The Morgan fingerprint density at radius 3 is 2.81 bits per heavy atom. The van der Waals surface area contributed by atoms with Crippen molar-refractivity contribution in [3.05, 3.63) is 34.1 Å². The van der Waals surface area contributed by atoms with Gasteiger partial charge in [-0.25, -0.2) is 4.98 Å². The molecule has 1 aromatic carbocycles. The highest BCUT2D eigenvalue weighted by Gasteiger charge is 2.14. The van der Waals surface area contributed by atoms with E-state index in [1.165, 1.54) is 12.1 Å². The van der Waals surface area contributed by atoms with E-state index in [4.69, 9.17) is 0 Å². The summed E-state index contributed by atoms with van der Waals surface area (Å²) in [5, 5.41) is 20.1. The molecule has 0 spiro atoms. The lowest BCUT2D eigenvalue weighted by atomic mass is 10.3. The fraction of sp³-hybridized carbons (Fsp3) is 0.300. The van der Waals surface area contributed by atoms with Crippen LogP contribution in [0.3, 0.4) is 0 Å². The molecule has 6 heteroatoms. The van der Waals surface area contributed by atoms with Gasteiger partial charge >= 0.3 is 0 Å². The largest absolute Gasteiger partial charge is 0.385 e. The number of aromatic nitrogens is 2. The molecule has 0 saturated heterocycles. The van der Waals surface area contributed by atoms with E-state index in [9.17, 15) is 15.2 Å². The summed E-state index contributed by atoms with van der Waals surface area (Å²) < 4.78 is 1.73. The second-order valence-corrected chi connectivity index (χ2v) is 3.64. The van der Waals surface area contributed by atoms with Gasteiger partial charge < -0.3 is 9.67 Å². The number of aliphatic hydroxyl groups excluding tert-OH is 1. The third kappa shape index (κ3) is 1.53. The van der Waals surface area contributed by atoms with Crippen LogP contribution in [-0.2, 0) is 7.05 Å². The van der Waals surface area contributed by atoms with Crippen molar-refractivity contribution in [1.29, 1.82) is 0 Å². The quantitative estimate of drug-likeness (QED) is 0.616. The van der Waals surface area contributed by atoms with E-state index in [0.717, 1.165) is 5.52 Å². The van der Waals surface area contributed by atoms with Gasteiger partial charge in [-0.2, -0.15) is 0 Å².